The van der Waals surface area contributed by atoms with E-state index in [-0.39, 0.29) is 31.6 Å². The summed E-state index contributed by atoms with van der Waals surface area (Å²) in [5.74, 6) is -2.86. The van der Waals surface area contributed by atoms with Gasteiger partial charge in [0.15, 0.2) is 0 Å². The molecule has 3 aliphatic heterocycles. The van der Waals surface area contributed by atoms with Crippen LogP contribution in [0.3, 0.4) is 0 Å². The molecule has 6 atom stereocenters. The molecule has 3 saturated heterocycles. The number of benzene rings is 1. The number of likely N-dealkylation sites (tertiary alicyclic amines) is 1. The van der Waals surface area contributed by atoms with Crippen LogP contribution >= 0.6 is 0 Å². The number of carbonyl (C=O) groups excluding carboxylic acids is 3. The van der Waals surface area contributed by atoms with E-state index in [1.165, 1.54) is 4.90 Å². The minimum absolute atomic E-state index is 0.168. The molecule has 1 spiro atoms. The van der Waals surface area contributed by atoms with Gasteiger partial charge in [-0.25, -0.2) is 0 Å². The second-order valence-electron chi connectivity index (χ2n) is 10.8. The highest BCUT2D eigenvalue weighted by Crippen LogP contribution is 2.63. The van der Waals surface area contributed by atoms with Crippen molar-refractivity contribution < 1.29 is 29.0 Å². The van der Waals surface area contributed by atoms with Crippen LogP contribution in [0.5, 0.6) is 0 Å². The van der Waals surface area contributed by atoms with Gasteiger partial charge in [0.2, 0.25) is 5.91 Å². The molecule has 0 saturated carbocycles. The molecule has 8 heteroatoms. The first-order chi connectivity index (χ1) is 17.6. The van der Waals surface area contributed by atoms with Crippen molar-refractivity contribution in [2.45, 2.75) is 70.2 Å². The van der Waals surface area contributed by atoms with Crippen LogP contribution in [0.1, 0.15) is 44.2 Å². The van der Waals surface area contributed by atoms with E-state index in [9.17, 15) is 19.5 Å². The Balaban J connectivity index is 1.81. The Morgan fingerprint density at radius 1 is 1.30 bits per heavy atom. The monoisotopic (exact) mass is 510 g/mol. The number of rotatable bonds is 10. The summed E-state index contributed by atoms with van der Waals surface area (Å²) in [5, 5.41) is 10.1. The van der Waals surface area contributed by atoms with Gasteiger partial charge in [0.05, 0.1) is 30.8 Å². The Morgan fingerprint density at radius 3 is 2.68 bits per heavy atom. The number of aryl methyl sites for hydroxylation is 2. The third-order valence-corrected chi connectivity index (χ3v) is 8.24. The molecule has 3 heterocycles. The van der Waals surface area contributed by atoms with Crippen LogP contribution in [0.4, 0.5) is 5.69 Å². The van der Waals surface area contributed by atoms with Crippen molar-refractivity contribution in [1.29, 1.82) is 0 Å². The average molecular weight is 511 g/mol. The lowest BCUT2D eigenvalue weighted by Crippen LogP contribution is -2.58. The number of aliphatic hydroxyl groups is 1. The first kappa shape index (κ1) is 27.1. The van der Waals surface area contributed by atoms with E-state index in [2.05, 4.69) is 13.2 Å². The van der Waals surface area contributed by atoms with E-state index in [1.807, 2.05) is 39.0 Å². The number of anilines is 1. The summed E-state index contributed by atoms with van der Waals surface area (Å²) in [6, 6.07) is 4.24. The quantitative estimate of drug-likeness (QED) is 0.295. The second kappa shape index (κ2) is 10.1. The fourth-order valence-corrected chi connectivity index (χ4v) is 6.49. The lowest BCUT2D eigenvalue weighted by atomic mass is 9.66. The van der Waals surface area contributed by atoms with E-state index in [0.717, 1.165) is 16.8 Å². The summed E-state index contributed by atoms with van der Waals surface area (Å²) < 4.78 is 12.1. The molecule has 8 nitrogen and oxygen atoms in total. The molecule has 200 valence electrons. The number of hydrogen-bond acceptors (Lipinski definition) is 6. The summed E-state index contributed by atoms with van der Waals surface area (Å²) >= 11 is 0. The fraction of sp³-hybridized carbons (Fsp3) is 0.552. The minimum Gasteiger partial charge on any atom is -0.465 e. The Hall–Kier alpha value is -2.97. The highest BCUT2D eigenvalue weighted by molar-refractivity contribution is 6.05. The molecule has 1 aromatic rings. The summed E-state index contributed by atoms with van der Waals surface area (Å²) in [6.45, 7) is 15.0. The van der Waals surface area contributed by atoms with E-state index in [1.54, 1.807) is 24.0 Å². The highest BCUT2D eigenvalue weighted by Gasteiger charge is 2.79. The molecule has 1 aromatic carbocycles. The maximum absolute atomic E-state index is 14.5. The van der Waals surface area contributed by atoms with Gasteiger partial charge in [0.25, 0.3) is 5.91 Å². The number of ether oxygens (including phenoxy) is 2. The smallest absolute Gasteiger partial charge is 0.312 e. The van der Waals surface area contributed by atoms with Crippen molar-refractivity contribution in [2.75, 3.05) is 24.7 Å². The topological polar surface area (TPSA) is 96.4 Å². The summed E-state index contributed by atoms with van der Waals surface area (Å²) in [6.07, 6.45) is 4.79. The molecule has 3 aliphatic rings. The molecule has 2 amide bonds. The maximum atomic E-state index is 14.5. The van der Waals surface area contributed by atoms with Crippen molar-refractivity contribution in [3.05, 3.63) is 54.6 Å². The summed E-state index contributed by atoms with van der Waals surface area (Å²) in [7, 11) is 0. The Bertz CT molecular complexity index is 1120. The van der Waals surface area contributed by atoms with Crippen LogP contribution in [0.25, 0.3) is 0 Å². The molecule has 37 heavy (non-hydrogen) atoms. The first-order valence-corrected chi connectivity index (χ1v) is 13.0. The molecule has 2 bridgehead atoms. The van der Waals surface area contributed by atoms with Gasteiger partial charge in [-0.15, -0.1) is 13.2 Å². The summed E-state index contributed by atoms with van der Waals surface area (Å²) in [4.78, 5) is 44.9. The van der Waals surface area contributed by atoms with Gasteiger partial charge in [-0.1, -0.05) is 24.3 Å². The van der Waals surface area contributed by atoms with Crippen LogP contribution in [-0.2, 0) is 23.9 Å². The van der Waals surface area contributed by atoms with Crippen LogP contribution in [0, 0.1) is 25.7 Å². The third-order valence-electron chi connectivity index (χ3n) is 8.24. The molecule has 4 rings (SSSR count). The summed E-state index contributed by atoms with van der Waals surface area (Å²) in [5.41, 5.74) is 0.530. The predicted molar refractivity (Wildman–Crippen MR) is 140 cm³/mol. The van der Waals surface area contributed by atoms with Crippen molar-refractivity contribution >= 4 is 23.5 Å². The normalized spacial score (nSPS) is 30.7. The van der Waals surface area contributed by atoms with E-state index < -0.39 is 41.1 Å². The third kappa shape index (κ3) is 4.20. The number of amides is 2. The van der Waals surface area contributed by atoms with E-state index in [0.29, 0.717) is 19.3 Å². The van der Waals surface area contributed by atoms with Crippen LogP contribution in [0.15, 0.2) is 43.5 Å². The zero-order valence-electron chi connectivity index (χ0n) is 22.2. The van der Waals surface area contributed by atoms with Crippen molar-refractivity contribution in [3.8, 4) is 0 Å². The lowest BCUT2D eigenvalue weighted by molar-refractivity contribution is -0.160. The molecular formula is C29H38N2O6. The highest BCUT2D eigenvalue weighted by atomic mass is 16.6. The number of nitrogens with zero attached hydrogens (tertiary/aromatic N) is 2. The fourth-order valence-electron chi connectivity index (χ4n) is 6.49. The minimum atomic E-state index is -1.19. The van der Waals surface area contributed by atoms with Gasteiger partial charge < -0.3 is 24.4 Å². The van der Waals surface area contributed by atoms with Crippen molar-refractivity contribution in [3.63, 3.8) is 0 Å². The zero-order valence-corrected chi connectivity index (χ0v) is 22.2. The van der Waals surface area contributed by atoms with Gasteiger partial charge >= 0.3 is 5.97 Å². The molecule has 0 radical (unpaired) electrons. The zero-order chi connectivity index (χ0) is 27.1. The standard InChI is InChI=1S/C29H38N2O6/c1-7-9-15-36-27(35)23-22-25(33)31(20(5)17-32)24(29(22)13-12-28(23,6)37-29)26(34)30(14-8-2)21-16-18(3)10-11-19(21)4/h7-8,10-11,16,20,22-24,32H,1-2,9,12-15,17H2,3-6H3/t20-,22+,23+,24?,28-,29?/m1/s1. The number of aliphatic hydroxyl groups excluding tert-OH is 1. The van der Waals surface area contributed by atoms with Gasteiger partial charge in [-0.3, -0.25) is 14.4 Å². The number of fused-ring (bicyclic) bond motifs is 1. The van der Waals surface area contributed by atoms with Gasteiger partial charge in [-0.05, 0) is 64.2 Å². The van der Waals surface area contributed by atoms with Crippen molar-refractivity contribution in [2.24, 2.45) is 11.8 Å². The largest absolute Gasteiger partial charge is 0.465 e. The predicted octanol–water partition coefficient (Wildman–Crippen LogP) is 3.09. The molecule has 0 aromatic heterocycles. The Kier molecular flexibility index (Phi) is 7.36. The number of carbonyl (C=O) groups is 3. The maximum Gasteiger partial charge on any atom is 0.312 e. The van der Waals surface area contributed by atoms with Gasteiger partial charge in [0, 0.05) is 12.2 Å². The molecule has 1 N–H and O–H groups in total. The van der Waals surface area contributed by atoms with Crippen LogP contribution in [-0.4, -0.2) is 70.8 Å². The molecule has 0 aliphatic carbocycles. The Labute approximate surface area is 218 Å². The van der Waals surface area contributed by atoms with Crippen LogP contribution in [0.2, 0.25) is 0 Å². The molecule has 3 fully saturated rings. The van der Waals surface area contributed by atoms with Gasteiger partial charge in [0.1, 0.15) is 17.6 Å². The van der Waals surface area contributed by atoms with Gasteiger partial charge in [-0.2, -0.15) is 0 Å². The average Bonchev–Trinajstić information content (AvgIpc) is 3.44. The first-order valence-electron chi connectivity index (χ1n) is 13.0. The lowest BCUT2D eigenvalue weighted by Gasteiger charge is -2.39. The van der Waals surface area contributed by atoms with E-state index >= 15 is 0 Å². The van der Waals surface area contributed by atoms with E-state index in [4.69, 9.17) is 9.47 Å². The molecular weight excluding hydrogens is 472 g/mol. The molecule has 2 unspecified atom stereocenters. The second-order valence-corrected chi connectivity index (χ2v) is 10.8. The Morgan fingerprint density at radius 2 is 2.03 bits per heavy atom. The number of hydrogen-bond donors (Lipinski definition) is 1. The van der Waals surface area contributed by atoms with Crippen LogP contribution < -0.4 is 4.90 Å². The SMILES string of the molecule is C=CCCOC(=O)[C@@H]1[C@H]2C(=O)N([C@H](C)CO)C(C(=O)N(CC=C)c3cc(C)ccc3C)C23CC[C@@]1(C)O3. The number of esters is 1. The van der Waals surface area contributed by atoms with Crippen molar-refractivity contribution in [1.82, 2.24) is 4.90 Å².